The first-order valence-electron chi connectivity index (χ1n) is 7.03. The number of ketones is 1. The zero-order chi connectivity index (χ0) is 19.7. The number of carbonyl (C=O) groups excluding carboxylic acids is 1. The molecule has 2 aromatic rings. The fraction of sp³-hybridized carbons (Fsp3) is 0.267. The van der Waals surface area contributed by atoms with Gasteiger partial charge in [0.25, 0.3) is 5.56 Å². The van der Waals surface area contributed by atoms with Crippen molar-refractivity contribution in [3.63, 3.8) is 0 Å². The number of hydrogen-bond acceptors (Lipinski definition) is 3. The quantitative estimate of drug-likeness (QED) is 0.651. The molecule has 1 N–H and O–H groups in total. The molecular weight excluding hydrogens is 368 g/mol. The molecule has 0 radical (unpaired) electrons. The Kier molecular flexibility index (Phi) is 5.10. The molecule has 1 aromatic carbocycles. The lowest BCUT2D eigenvalue weighted by atomic mass is 10.1. The lowest BCUT2D eigenvalue weighted by molar-refractivity contribution is -0.170. The minimum absolute atomic E-state index is 0.0972. The Bertz CT molecular complexity index is 891. The Labute approximate surface area is 141 Å². The number of aromatic nitrogens is 2. The molecule has 0 unspecified atom stereocenters. The van der Waals surface area contributed by atoms with Gasteiger partial charge >= 0.3 is 12.4 Å². The van der Waals surface area contributed by atoms with Crippen LogP contribution in [0.1, 0.15) is 12.1 Å². The number of para-hydroxylation sites is 1. The van der Waals surface area contributed by atoms with Gasteiger partial charge in [0.15, 0.2) is 5.69 Å². The van der Waals surface area contributed by atoms with Crippen molar-refractivity contribution < 1.29 is 31.1 Å². The maximum absolute atomic E-state index is 13.0. The molecule has 0 saturated heterocycles. The third-order valence-electron chi connectivity index (χ3n) is 3.27. The maximum atomic E-state index is 13.0. The number of Topliss-reactive ketones (excluding diaryl/α,β-unsaturated/α-hetero) is 1. The second-order valence-corrected chi connectivity index (χ2v) is 5.22. The number of nitrogens with one attached hydrogen (secondary N) is 1. The number of H-pyrrole nitrogens is 1. The van der Waals surface area contributed by atoms with Crippen LogP contribution in [-0.2, 0) is 4.79 Å². The van der Waals surface area contributed by atoms with Gasteiger partial charge in [-0.1, -0.05) is 18.2 Å². The van der Waals surface area contributed by atoms with E-state index in [-0.39, 0.29) is 5.69 Å². The number of benzene rings is 1. The molecule has 0 aliphatic heterocycles. The lowest BCUT2D eigenvalue weighted by Crippen LogP contribution is -2.32. The first-order chi connectivity index (χ1) is 11.9. The monoisotopic (exact) mass is 379 g/mol. The summed E-state index contributed by atoms with van der Waals surface area (Å²) >= 11 is 0. The molecule has 0 aliphatic carbocycles. The van der Waals surface area contributed by atoms with Gasteiger partial charge in [-0.25, -0.2) is 9.67 Å². The molecule has 0 fully saturated rings. The SMILES string of the molecule is Cc1[nH]n(-c2ccccc2)c(=O)c1N=C(CC(=O)C(F)(F)F)C(F)(F)F. The highest BCUT2D eigenvalue weighted by Crippen LogP contribution is 2.27. The average Bonchev–Trinajstić information content (AvgIpc) is 2.81. The minimum Gasteiger partial charge on any atom is -0.293 e. The topological polar surface area (TPSA) is 67.2 Å². The van der Waals surface area contributed by atoms with E-state index >= 15 is 0 Å². The van der Waals surface area contributed by atoms with Crippen LogP contribution in [0.5, 0.6) is 0 Å². The third-order valence-corrected chi connectivity index (χ3v) is 3.27. The summed E-state index contributed by atoms with van der Waals surface area (Å²) in [5.41, 5.74) is -3.52. The van der Waals surface area contributed by atoms with Crippen molar-refractivity contribution in [1.29, 1.82) is 0 Å². The van der Waals surface area contributed by atoms with Crippen LogP contribution in [0.4, 0.5) is 32.0 Å². The Hall–Kier alpha value is -2.85. The third kappa shape index (κ3) is 4.21. The van der Waals surface area contributed by atoms with Crippen LogP contribution in [0.3, 0.4) is 0 Å². The van der Waals surface area contributed by atoms with E-state index in [0.29, 0.717) is 5.69 Å². The number of aromatic amines is 1. The summed E-state index contributed by atoms with van der Waals surface area (Å²) in [5.74, 6) is -2.61. The van der Waals surface area contributed by atoms with Crippen LogP contribution in [0.25, 0.3) is 5.69 Å². The van der Waals surface area contributed by atoms with Crippen molar-refractivity contribution in [3.8, 4) is 5.69 Å². The number of alkyl halides is 6. The Morgan fingerprint density at radius 1 is 1.08 bits per heavy atom. The number of carbonyl (C=O) groups is 1. The number of nitrogens with zero attached hydrogens (tertiary/aromatic N) is 2. The smallest absolute Gasteiger partial charge is 0.293 e. The number of hydrogen-bond donors (Lipinski definition) is 1. The minimum atomic E-state index is -5.44. The highest BCUT2D eigenvalue weighted by atomic mass is 19.4. The molecule has 0 aliphatic rings. The molecule has 2 rings (SSSR count). The number of halogens is 6. The van der Waals surface area contributed by atoms with Crippen molar-refractivity contribution >= 4 is 17.2 Å². The van der Waals surface area contributed by atoms with Crippen molar-refractivity contribution in [1.82, 2.24) is 9.78 Å². The highest BCUT2D eigenvalue weighted by molar-refractivity contribution is 6.07. The fourth-order valence-corrected chi connectivity index (χ4v) is 2.02. The standard InChI is InChI=1S/C15H11F6N3O2/c1-8-12(13(26)24(23-8)9-5-3-2-4-6-9)22-10(14(16,17)18)7-11(25)15(19,20)21/h2-6,23H,7H2,1H3. The van der Waals surface area contributed by atoms with Crippen molar-refractivity contribution in [2.45, 2.75) is 25.7 Å². The zero-order valence-electron chi connectivity index (χ0n) is 13.1. The molecule has 0 spiro atoms. The predicted molar refractivity (Wildman–Crippen MR) is 80.0 cm³/mol. The summed E-state index contributed by atoms with van der Waals surface area (Å²) in [6.45, 7) is 1.24. The highest BCUT2D eigenvalue weighted by Gasteiger charge is 2.45. The van der Waals surface area contributed by atoms with E-state index in [1.807, 2.05) is 0 Å². The van der Waals surface area contributed by atoms with Gasteiger partial charge in [-0.05, 0) is 19.1 Å². The van der Waals surface area contributed by atoms with Crippen molar-refractivity contribution in [3.05, 3.63) is 46.4 Å². The van der Waals surface area contributed by atoms with Gasteiger partial charge in [0, 0.05) is 0 Å². The van der Waals surface area contributed by atoms with Gasteiger partial charge in [-0.3, -0.25) is 14.7 Å². The van der Waals surface area contributed by atoms with Crippen LogP contribution < -0.4 is 5.56 Å². The molecule has 5 nitrogen and oxygen atoms in total. The van der Waals surface area contributed by atoms with Gasteiger partial charge in [0.1, 0.15) is 5.71 Å². The van der Waals surface area contributed by atoms with Crippen LogP contribution in [0.15, 0.2) is 40.1 Å². The number of aliphatic imine (C=N–C) groups is 1. The first-order valence-corrected chi connectivity index (χ1v) is 7.03. The van der Waals surface area contributed by atoms with Crippen molar-refractivity contribution in [2.24, 2.45) is 4.99 Å². The van der Waals surface area contributed by atoms with Gasteiger partial charge in [-0.15, -0.1) is 0 Å². The van der Waals surface area contributed by atoms with E-state index in [1.165, 1.54) is 19.1 Å². The van der Waals surface area contributed by atoms with Gasteiger partial charge in [-0.2, -0.15) is 26.3 Å². The van der Waals surface area contributed by atoms with Gasteiger partial charge in [0.05, 0.1) is 17.8 Å². The van der Waals surface area contributed by atoms with E-state index in [4.69, 9.17) is 0 Å². The Morgan fingerprint density at radius 3 is 2.15 bits per heavy atom. The molecular formula is C15H11F6N3O2. The maximum Gasteiger partial charge on any atom is 0.450 e. The number of aryl methyl sites for hydroxylation is 1. The Balaban J connectivity index is 2.53. The van der Waals surface area contributed by atoms with Crippen LogP contribution >= 0.6 is 0 Å². The van der Waals surface area contributed by atoms with Crippen LogP contribution in [0, 0.1) is 6.92 Å². The summed E-state index contributed by atoms with van der Waals surface area (Å²) in [7, 11) is 0. The molecule has 0 bridgehead atoms. The molecule has 11 heteroatoms. The molecule has 140 valence electrons. The van der Waals surface area contributed by atoms with E-state index in [9.17, 15) is 35.9 Å². The van der Waals surface area contributed by atoms with E-state index in [2.05, 4.69) is 10.1 Å². The molecule has 26 heavy (non-hydrogen) atoms. The van der Waals surface area contributed by atoms with Crippen LogP contribution in [-0.4, -0.2) is 33.6 Å². The molecule has 1 heterocycles. The largest absolute Gasteiger partial charge is 0.450 e. The molecule has 0 amide bonds. The van der Waals surface area contributed by atoms with Crippen molar-refractivity contribution in [2.75, 3.05) is 0 Å². The summed E-state index contributed by atoms with van der Waals surface area (Å²) in [4.78, 5) is 26.2. The second kappa shape index (κ2) is 6.81. The second-order valence-electron chi connectivity index (χ2n) is 5.22. The predicted octanol–water partition coefficient (Wildman–Crippen LogP) is 3.63. The summed E-state index contributed by atoms with van der Waals surface area (Å²) in [5, 5.41) is 2.49. The normalized spacial score (nSPS) is 13.1. The van der Waals surface area contributed by atoms with E-state index in [0.717, 1.165) is 4.68 Å². The first kappa shape index (κ1) is 19.5. The summed E-state index contributed by atoms with van der Waals surface area (Å²) in [6, 6.07) is 7.77. The van der Waals surface area contributed by atoms with Crippen LogP contribution in [0.2, 0.25) is 0 Å². The Morgan fingerprint density at radius 2 is 1.65 bits per heavy atom. The van der Waals surface area contributed by atoms with E-state index < -0.39 is 41.5 Å². The van der Waals surface area contributed by atoms with E-state index in [1.54, 1.807) is 18.2 Å². The van der Waals surface area contributed by atoms with Gasteiger partial charge in [0.2, 0.25) is 5.78 Å². The van der Waals surface area contributed by atoms with Gasteiger partial charge < -0.3 is 0 Å². The number of rotatable bonds is 4. The lowest BCUT2D eigenvalue weighted by Gasteiger charge is -2.11. The fourth-order valence-electron chi connectivity index (χ4n) is 2.02. The molecule has 1 aromatic heterocycles. The summed E-state index contributed by atoms with van der Waals surface area (Å²) < 4.78 is 76.7. The average molecular weight is 379 g/mol. The molecule has 0 saturated carbocycles. The molecule has 0 atom stereocenters. The summed E-state index contributed by atoms with van der Waals surface area (Å²) in [6.07, 6.45) is -12.8. The zero-order valence-corrected chi connectivity index (χ0v) is 13.1.